The van der Waals surface area contributed by atoms with Crippen LogP contribution in [0.25, 0.3) is 62.6 Å². The third-order valence-corrected chi connectivity index (χ3v) is 10.3. The summed E-state index contributed by atoms with van der Waals surface area (Å²) >= 11 is 0. The molecule has 5 aromatic carbocycles. The third kappa shape index (κ3) is 5.93. The molecule has 0 radical (unpaired) electrons. The van der Waals surface area contributed by atoms with Crippen LogP contribution in [0.3, 0.4) is 0 Å². The van der Waals surface area contributed by atoms with Crippen molar-refractivity contribution < 1.29 is 0 Å². The van der Waals surface area contributed by atoms with E-state index in [9.17, 15) is 0 Å². The van der Waals surface area contributed by atoms with Crippen LogP contribution in [0.2, 0.25) is 0 Å². The number of benzene rings is 5. The monoisotopic (exact) mass is 656 g/mol. The second-order valence-corrected chi connectivity index (χ2v) is 13.5. The lowest BCUT2D eigenvalue weighted by Crippen LogP contribution is -2.29. The third-order valence-electron chi connectivity index (χ3n) is 10.3. The minimum atomic E-state index is 0.928. The lowest BCUT2D eigenvalue weighted by Gasteiger charge is -2.16. The number of hydrogen-bond donors (Lipinski definition) is 1. The van der Waals surface area contributed by atoms with E-state index in [1.165, 1.54) is 77.2 Å². The minimum absolute atomic E-state index is 0.928. The van der Waals surface area contributed by atoms with E-state index in [1.807, 2.05) is 12.3 Å². The summed E-state index contributed by atoms with van der Waals surface area (Å²) in [5.41, 5.74) is 15.5. The van der Waals surface area contributed by atoms with Crippen LogP contribution in [0.15, 0.2) is 158 Å². The Balaban J connectivity index is 0.990. The highest BCUT2D eigenvalue weighted by Crippen LogP contribution is 2.46. The first kappa shape index (κ1) is 30.9. The van der Waals surface area contributed by atoms with Gasteiger partial charge in [-0.25, -0.2) is 0 Å². The molecule has 3 aliphatic carbocycles. The number of rotatable bonds is 8. The molecule has 246 valence electrons. The maximum Gasteiger partial charge on any atom is 0.0622 e. The van der Waals surface area contributed by atoms with Crippen molar-refractivity contribution in [3.05, 3.63) is 191 Å². The van der Waals surface area contributed by atoms with Gasteiger partial charge in [0.2, 0.25) is 0 Å². The normalized spacial score (nSPS) is 14.8. The molecule has 2 nitrogen and oxygen atoms in total. The standard InChI is InChI=1S/C49H40N2/c1(5-15-35-24-26-37(27-25-35)36-16-6-3-7-17-36)2-14-32-50-41-28-30-42(31-29-41)51-46-34-40-21-11-13-23-44(40)48(46)45-33-39-20-10-12-22-43(39)47(49(45)51)38-18-8-4-9-19-38/h1-2,4-6,8-9,11,13-33,50H,3,7,10,12,34H2/b2-1-,15-5-,32-14+. The smallest absolute Gasteiger partial charge is 0.0622 e. The average Bonchev–Trinajstić information content (AvgIpc) is 3.72. The van der Waals surface area contributed by atoms with Crippen molar-refractivity contribution in [2.24, 2.45) is 0 Å². The van der Waals surface area contributed by atoms with Gasteiger partial charge in [0.15, 0.2) is 0 Å². The van der Waals surface area contributed by atoms with E-state index in [1.54, 1.807) is 0 Å². The second kappa shape index (κ2) is 13.7. The molecule has 0 unspecified atom stereocenters. The van der Waals surface area contributed by atoms with Gasteiger partial charge < -0.3 is 9.88 Å². The van der Waals surface area contributed by atoms with Gasteiger partial charge in [0, 0.05) is 46.2 Å². The summed E-state index contributed by atoms with van der Waals surface area (Å²) in [6.07, 6.45) is 29.4. The number of aromatic nitrogens is 1. The molecule has 0 saturated carbocycles. The van der Waals surface area contributed by atoms with Gasteiger partial charge >= 0.3 is 0 Å². The fourth-order valence-electron chi connectivity index (χ4n) is 7.95. The highest BCUT2D eigenvalue weighted by Gasteiger charge is 2.29. The van der Waals surface area contributed by atoms with Crippen molar-refractivity contribution in [1.29, 1.82) is 0 Å². The van der Waals surface area contributed by atoms with E-state index < -0.39 is 0 Å². The summed E-state index contributed by atoms with van der Waals surface area (Å²) in [6.45, 7) is 0. The number of fused-ring (bicyclic) bond motifs is 6. The SMILES string of the molecule is C1=CC(c2ccc(\C=C/C=C\C=C\Nc3ccc(-n4c5c(c6cc7c(c(-c8ccccc8)c64)=CCCC=7)-c4ccccc4C5)cc3)cc2)=CCC1. The first-order valence-corrected chi connectivity index (χ1v) is 18.2. The molecule has 2 heteroatoms. The Kier molecular flexibility index (Phi) is 8.27. The Bertz CT molecular complexity index is 2530. The zero-order valence-electron chi connectivity index (χ0n) is 28.7. The summed E-state index contributed by atoms with van der Waals surface area (Å²) in [4.78, 5) is 0. The van der Waals surface area contributed by atoms with Crippen molar-refractivity contribution in [2.75, 3.05) is 5.32 Å². The van der Waals surface area contributed by atoms with Gasteiger partial charge in [0.1, 0.15) is 0 Å². The Morgan fingerprint density at radius 2 is 1.41 bits per heavy atom. The van der Waals surface area contributed by atoms with E-state index in [0.29, 0.717) is 0 Å². The Labute approximate surface area is 300 Å². The van der Waals surface area contributed by atoms with E-state index in [-0.39, 0.29) is 0 Å². The molecule has 1 aromatic heterocycles. The van der Waals surface area contributed by atoms with E-state index in [0.717, 1.165) is 37.8 Å². The number of nitrogens with one attached hydrogen (secondary N) is 1. The first-order valence-electron chi connectivity index (χ1n) is 18.2. The van der Waals surface area contributed by atoms with Crippen LogP contribution >= 0.6 is 0 Å². The second-order valence-electron chi connectivity index (χ2n) is 13.5. The molecule has 3 aliphatic rings. The zero-order valence-corrected chi connectivity index (χ0v) is 28.7. The van der Waals surface area contributed by atoms with Gasteiger partial charge in [-0.1, -0.05) is 134 Å². The maximum atomic E-state index is 3.46. The molecule has 0 bridgehead atoms. The minimum Gasteiger partial charge on any atom is -0.362 e. The molecule has 0 aliphatic heterocycles. The van der Waals surface area contributed by atoms with Crippen LogP contribution in [0.5, 0.6) is 0 Å². The molecule has 6 aromatic rings. The lowest BCUT2D eigenvalue weighted by molar-refractivity contribution is 1.01. The fourth-order valence-corrected chi connectivity index (χ4v) is 7.95. The number of nitrogens with zero attached hydrogens (tertiary/aromatic N) is 1. The number of hydrogen-bond acceptors (Lipinski definition) is 1. The molecular formula is C49H40N2. The quantitative estimate of drug-likeness (QED) is 0.161. The van der Waals surface area contributed by atoms with Gasteiger partial charge in [-0.2, -0.15) is 0 Å². The zero-order chi connectivity index (χ0) is 34.0. The van der Waals surface area contributed by atoms with Crippen LogP contribution in [-0.2, 0) is 6.42 Å². The predicted molar refractivity (Wildman–Crippen MR) is 218 cm³/mol. The van der Waals surface area contributed by atoms with E-state index in [2.05, 4.69) is 174 Å². The van der Waals surface area contributed by atoms with Crippen molar-refractivity contribution in [2.45, 2.75) is 32.1 Å². The van der Waals surface area contributed by atoms with Crippen molar-refractivity contribution >= 4 is 40.4 Å². The van der Waals surface area contributed by atoms with Crippen LogP contribution in [0.1, 0.15) is 48.1 Å². The number of anilines is 1. The molecular weight excluding hydrogens is 617 g/mol. The number of allylic oxidation sites excluding steroid dienone is 8. The molecule has 0 saturated heterocycles. The molecule has 1 heterocycles. The van der Waals surface area contributed by atoms with Gasteiger partial charge in [-0.15, -0.1) is 0 Å². The first-order chi connectivity index (χ1) is 25.3. The molecule has 0 fully saturated rings. The molecule has 1 N–H and O–H groups in total. The Morgan fingerprint density at radius 3 is 2.25 bits per heavy atom. The summed E-state index contributed by atoms with van der Waals surface area (Å²) < 4.78 is 2.54. The molecule has 0 atom stereocenters. The molecule has 51 heavy (non-hydrogen) atoms. The summed E-state index contributed by atoms with van der Waals surface area (Å²) in [5, 5.41) is 7.52. The maximum absolute atomic E-state index is 3.46. The predicted octanol–water partition coefficient (Wildman–Crippen LogP) is 11.2. The van der Waals surface area contributed by atoms with Gasteiger partial charge in [-0.05, 0) is 106 Å². The largest absolute Gasteiger partial charge is 0.362 e. The average molecular weight is 657 g/mol. The van der Waals surface area contributed by atoms with Crippen LogP contribution in [0, 0.1) is 0 Å². The summed E-state index contributed by atoms with van der Waals surface area (Å²) in [7, 11) is 0. The van der Waals surface area contributed by atoms with Crippen molar-refractivity contribution in [3.8, 4) is 27.9 Å². The van der Waals surface area contributed by atoms with E-state index >= 15 is 0 Å². The van der Waals surface area contributed by atoms with Gasteiger partial charge in [-0.3, -0.25) is 0 Å². The van der Waals surface area contributed by atoms with Crippen LogP contribution in [0.4, 0.5) is 5.69 Å². The van der Waals surface area contributed by atoms with Crippen molar-refractivity contribution in [3.63, 3.8) is 0 Å². The summed E-state index contributed by atoms with van der Waals surface area (Å²) in [5.74, 6) is 0. The highest BCUT2D eigenvalue weighted by atomic mass is 15.0. The highest BCUT2D eigenvalue weighted by molar-refractivity contribution is 6.08. The Morgan fingerprint density at radius 1 is 0.627 bits per heavy atom. The van der Waals surface area contributed by atoms with Crippen molar-refractivity contribution in [1.82, 2.24) is 4.57 Å². The molecule has 9 rings (SSSR count). The topological polar surface area (TPSA) is 17.0 Å². The Hall–Kier alpha value is -6.12. The van der Waals surface area contributed by atoms with Gasteiger partial charge in [0.25, 0.3) is 0 Å². The molecule has 0 spiro atoms. The lowest BCUT2D eigenvalue weighted by atomic mass is 9.93. The molecule has 0 amide bonds. The summed E-state index contributed by atoms with van der Waals surface area (Å²) in [6, 6.07) is 40.0. The van der Waals surface area contributed by atoms with Crippen LogP contribution < -0.4 is 15.8 Å². The van der Waals surface area contributed by atoms with Crippen LogP contribution in [-0.4, -0.2) is 4.57 Å². The van der Waals surface area contributed by atoms with E-state index in [4.69, 9.17) is 0 Å². The fraction of sp³-hybridized carbons (Fsp3) is 0.102. The van der Waals surface area contributed by atoms with Gasteiger partial charge in [0.05, 0.1) is 5.52 Å².